The van der Waals surface area contributed by atoms with Gasteiger partial charge in [-0.3, -0.25) is 19.4 Å². The summed E-state index contributed by atoms with van der Waals surface area (Å²) in [7, 11) is 1.64. The maximum absolute atomic E-state index is 12.3. The van der Waals surface area contributed by atoms with E-state index < -0.39 is 0 Å². The molecule has 1 aliphatic rings. The molecule has 8 heteroatoms. The number of carbonyl (C=O) groups is 2. The molecule has 1 aliphatic heterocycles. The number of benzene rings is 2. The number of carbonyl (C=O) groups excluding carboxylic acids is 2. The lowest BCUT2D eigenvalue weighted by atomic mass is 10.1. The molecule has 0 atom stereocenters. The van der Waals surface area contributed by atoms with Crippen molar-refractivity contribution in [3.05, 3.63) is 59.1 Å². The first-order valence-corrected chi connectivity index (χ1v) is 10.8. The Bertz CT molecular complexity index is 867. The highest BCUT2D eigenvalue weighted by molar-refractivity contribution is 6.33. The van der Waals surface area contributed by atoms with Gasteiger partial charge in [-0.2, -0.15) is 0 Å². The molecule has 1 saturated heterocycles. The number of nitrogens with zero attached hydrogens (tertiary/aromatic N) is 2. The van der Waals surface area contributed by atoms with Crippen molar-refractivity contribution in [1.29, 1.82) is 0 Å². The van der Waals surface area contributed by atoms with Crippen molar-refractivity contribution >= 4 is 29.1 Å². The van der Waals surface area contributed by atoms with Crippen molar-refractivity contribution in [2.75, 3.05) is 58.2 Å². The van der Waals surface area contributed by atoms with Crippen molar-refractivity contribution in [2.45, 2.75) is 6.42 Å². The van der Waals surface area contributed by atoms with E-state index in [1.807, 2.05) is 36.4 Å². The minimum atomic E-state index is -0.0853. The Hall–Kier alpha value is -2.61. The highest BCUT2D eigenvalue weighted by Gasteiger charge is 2.20. The van der Waals surface area contributed by atoms with Gasteiger partial charge in [0.15, 0.2) is 0 Å². The number of methoxy groups -OCH3 is 1. The van der Waals surface area contributed by atoms with E-state index >= 15 is 0 Å². The second kappa shape index (κ2) is 11.7. The zero-order valence-electron chi connectivity index (χ0n) is 17.8. The molecule has 0 saturated carbocycles. The Balaban J connectivity index is 1.31. The van der Waals surface area contributed by atoms with E-state index in [2.05, 4.69) is 20.4 Å². The largest absolute Gasteiger partial charge is 0.497 e. The molecular formula is C23H29ClN4O3. The van der Waals surface area contributed by atoms with E-state index in [1.54, 1.807) is 19.2 Å². The predicted octanol–water partition coefficient (Wildman–Crippen LogP) is 2.26. The molecule has 3 rings (SSSR count). The summed E-state index contributed by atoms with van der Waals surface area (Å²) in [6.45, 7) is 4.30. The zero-order valence-corrected chi connectivity index (χ0v) is 18.5. The summed E-state index contributed by atoms with van der Waals surface area (Å²) in [6.07, 6.45) is 0.782. The van der Waals surface area contributed by atoms with E-state index in [-0.39, 0.29) is 11.8 Å². The molecule has 7 nitrogen and oxygen atoms in total. The molecule has 1 heterocycles. The molecule has 0 radical (unpaired) electrons. The Kier molecular flexibility index (Phi) is 8.70. The predicted molar refractivity (Wildman–Crippen MR) is 123 cm³/mol. The molecule has 0 spiro atoms. The fourth-order valence-corrected chi connectivity index (χ4v) is 3.64. The lowest BCUT2D eigenvalue weighted by Gasteiger charge is -2.33. The van der Waals surface area contributed by atoms with Crippen LogP contribution in [-0.4, -0.2) is 74.5 Å². The fraction of sp³-hybridized carbons (Fsp3) is 0.391. The van der Waals surface area contributed by atoms with Gasteiger partial charge in [0.2, 0.25) is 11.8 Å². The van der Waals surface area contributed by atoms with E-state index in [1.165, 1.54) is 0 Å². The van der Waals surface area contributed by atoms with Crippen LogP contribution < -0.4 is 15.4 Å². The first-order valence-electron chi connectivity index (χ1n) is 10.4. The lowest BCUT2D eigenvalue weighted by molar-refractivity contribution is -0.123. The minimum absolute atomic E-state index is 0.0263. The van der Waals surface area contributed by atoms with Crippen LogP contribution in [0.2, 0.25) is 5.02 Å². The summed E-state index contributed by atoms with van der Waals surface area (Å²) in [5.74, 6) is 0.768. The molecule has 2 aromatic carbocycles. The number of para-hydroxylation sites is 1. The molecular weight excluding hydrogens is 416 g/mol. The number of anilines is 1. The summed E-state index contributed by atoms with van der Waals surface area (Å²) in [5.41, 5.74) is 1.78. The molecule has 0 aromatic heterocycles. The van der Waals surface area contributed by atoms with Gasteiger partial charge in [-0.05, 0) is 36.2 Å². The van der Waals surface area contributed by atoms with Gasteiger partial charge in [-0.25, -0.2) is 0 Å². The number of halogens is 1. The minimum Gasteiger partial charge on any atom is -0.497 e. The number of ether oxygens (including phenoxy) is 1. The monoisotopic (exact) mass is 444 g/mol. The third kappa shape index (κ3) is 7.54. The van der Waals surface area contributed by atoms with Gasteiger partial charge < -0.3 is 15.4 Å². The first-order chi connectivity index (χ1) is 15.0. The Morgan fingerprint density at radius 2 is 1.55 bits per heavy atom. The van der Waals surface area contributed by atoms with Crippen LogP contribution >= 0.6 is 11.6 Å². The summed E-state index contributed by atoms with van der Waals surface area (Å²) in [4.78, 5) is 28.7. The van der Waals surface area contributed by atoms with Gasteiger partial charge in [0.25, 0.3) is 0 Å². The average molecular weight is 445 g/mol. The maximum Gasteiger partial charge on any atom is 0.238 e. The molecule has 31 heavy (non-hydrogen) atoms. The van der Waals surface area contributed by atoms with Crippen LogP contribution in [0, 0.1) is 0 Å². The lowest BCUT2D eigenvalue weighted by Crippen LogP contribution is -2.51. The van der Waals surface area contributed by atoms with Crippen LogP contribution in [0.1, 0.15) is 5.56 Å². The molecule has 2 N–H and O–H groups in total. The maximum atomic E-state index is 12.3. The summed E-state index contributed by atoms with van der Waals surface area (Å²) >= 11 is 6.08. The smallest absolute Gasteiger partial charge is 0.238 e. The Morgan fingerprint density at radius 1 is 0.935 bits per heavy atom. The fourth-order valence-electron chi connectivity index (χ4n) is 3.46. The number of hydrogen-bond acceptors (Lipinski definition) is 5. The van der Waals surface area contributed by atoms with E-state index in [4.69, 9.17) is 16.3 Å². The Labute approximate surface area is 188 Å². The Morgan fingerprint density at radius 3 is 2.16 bits per heavy atom. The van der Waals surface area contributed by atoms with Gasteiger partial charge in [0.1, 0.15) is 5.75 Å². The molecule has 1 fully saturated rings. The normalized spacial score (nSPS) is 14.8. The highest BCUT2D eigenvalue weighted by Crippen LogP contribution is 2.20. The van der Waals surface area contributed by atoms with Crippen LogP contribution in [0.3, 0.4) is 0 Å². The second-order valence-corrected chi connectivity index (χ2v) is 7.94. The van der Waals surface area contributed by atoms with Gasteiger partial charge in [0.05, 0.1) is 30.9 Å². The van der Waals surface area contributed by atoms with Gasteiger partial charge in [0, 0.05) is 32.7 Å². The van der Waals surface area contributed by atoms with Crippen molar-refractivity contribution in [2.24, 2.45) is 0 Å². The van der Waals surface area contributed by atoms with E-state index in [0.29, 0.717) is 30.3 Å². The van der Waals surface area contributed by atoms with E-state index in [0.717, 1.165) is 43.9 Å². The molecule has 166 valence electrons. The van der Waals surface area contributed by atoms with Crippen molar-refractivity contribution in [3.8, 4) is 5.75 Å². The van der Waals surface area contributed by atoms with Crippen molar-refractivity contribution < 1.29 is 14.3 Å². The molecule has 2 aromatic rings. The van der Waals surface area contributed by atoms with Gasteiger partial charge in [-0.1, -0.05) is 35.9 Å². The van der Waals surface area contributed by atoms with Crippen LogP contribution in [0.4, 0.5) is 5.69 Å². The van der Waals surface area contributed by atoms with Gasteiger partial charge in [-0.15, -0.1) is 0 Å². The van der Waals surface area contributed by atoms with Crippen LogP contribution in [0.5, 0.6) is 5.75 Å². The van der Waals surface area contributed by atoms with Crippen LogP contribution in [-0.2, 0) is 16.0 Å². The second-order valence-electron chi connectivity index (χ2n) is 7.53. The van der Waals surface area contributed by atoms with Crippen molar-refractivity contribution in [1.82, 2.24) is 15.1 Å². The molecule has 2 amide bonds. The molecule has 0 aliphatic carbocycles. The summed E-state index contributed by atoms with van der Waals surface area (Å²) in [6, 6.07) is 15.0. The average Bonchev–Trinajstić information content (AvgIpc) is 2.77. The number of nitrogens with one attached hydrogen (secondary N) is 2. The van der Waals surface area contributed by atoms with Gasteiger partial charge >= 0.3 is 0 Å². The first kappa shape index (κ1) is 23.1. The third-order valence-corrected chi connectivity index (χ3v) is 5.57. The third-order valence-electron chi connectivity index (χ3n) is 5.24. The van der Waals surface area contributed by atoms with E-state index in [9.17, 15) is 9.59 Å². The number of rotatable bonds is 9. The standard InChI is InChI=1S/C23H29ClN4O3/c1-31-19-8-6-18(7-9-19)10-11-25-22(29)16-27-12-14-28(15-13-27)17-23(30)26-21-5-3-2-4-20(21)24/h2-9H,10-17H2,1H3,(H,25,29)(H,26,30). The SMILES string of the molecule is COc1ccc(CCNC(=O)CN2CCN(CC(=O)Nc3ccccc3Cl)CC2)cc1. The number of hydrogen-bond donors (Lipinski definition) is 2. The number of piperazine rings is 1. The van der Waals surface area contributed by atoms with Crippen LogP contribution in [0.25, 0.3) is 0 Å². The molecule has 0 unspecified atom stereocenters. The quantitative estimate of drug-likeness (QED) is 0.620. The number of amides is 2. The van der Waals surface area contributed by atoms with Crippen LogP contribution in [0.15, 0.2) is 48.5 Å². The molecule has 0 bridgehead atoms. The zero-order chi connectivity index (χ0) is 22.1. The van der Waals surface area contributed by atoms with Crippen molar-refractivity contribution in [3.63, 3.8) is 0 Å². The topological polar surface area (TPSA) is 73.9 Å². The summed E-state index contributed by atoms with van der Waals surface area (Å²) < 4.78 is 5.15. The highest BCUT2D eigenvalue weighted by atomic mass is 35.5. The summed E-state index contributed by atoms with van der Waals surface area (Å²) in [5, 5.41) is 6.35.